The van der Waals surface area contributed by atoms with Gasteiger partial charge in [0, 0.05) is 43.9 Å². The minimum Gasteiger partial charge on any atom is -0.481 e. The number of rotatable bonds is 51. The lowest BCUT2D eigenvalue weighted by atomic mass is 9.95. The van der Waals surface area contributed by atoms with Gasteiger partial charge in [-0.1, -0.05) is 78.3 Å². The standard InChI is InChI=1S/C63H105N21O20S2/c1-7-32(6)49(84-50(92)34(64)15-11-21-70-62(66)67)60(102)83-48(31(4)5)59(101)78-37(17-19-43(65)87)54(96)81-42(29-106)57(99)76-35(16-12-22-71-63(68)69)53(95)79-40(27-86)56(98)82-47(30(2)3)58(100)77-36(18-20-46(90)91)51(93)72-25-45(89)75-39(26-85)55(97)80-41(28-105)52(94)73-24-44(88)74-38(61(103)104)23-33-13-9-8-10-14-33/h8-10,13-14,30-32,34-42,47-49,85-86,105-106H,7,11-12,15-29,64H2,1-6H3,(H2,65,87)(H,72,93)(H,73,94)(H,74,88)(H,75,89)(H,76,99)(H,77,100)(H,78,101)(H,79,95)(H,80,97)(H,81,96)(H,82,98)(H,83,102)(H,84,92)(H,90,91)(H,103,104)(H4,66,67,70)(H4,68,69,71)/t32-,34-,35-,36-,37-,38-,39-,40-,41-,42-,47-,48-,49-/m0/s1. The topological polar surface area (TPSA) is 686 Å². The Morgan fingerprint density at radius 1 is 0.434 bits per heavy atom. The van der Waals surface area contributed by atoms with E-state index in [0.717, 1.165) is 0 Å². The van der Waals surface area contributed by atoms with Crippen LogP contribution < -0.4 is 103 Å². The number of benzene rings is 1. The third-order valence-corrected chi connectivity index (χ3v) is 16.6. The Balaban J connectivity index is 3.29. The van der Waals surface area contributed by atoms with Gasteiger partial charge < -0.3 is 123 Å². The molecule has 29 N–H and O–H groups in total. The number of primary amides is 1. The maximum absolute atomic E-state index is 14.1. The summed E-state index contributed by atoms with van der Waals surface area (Å²) in [6, 6.07) is -10.0. The van der Waals surface area contributed by atoms with Gasteiger partial charge in [0.05, 0.1) is 32.3 Å². The average Bonchev–Trinajstić information content (AvgIpc) is 0.860. The molecule has 41 nitrogen and oxygen atoms in total. The van der Waals surface area contributed by atoms with Gasteiger partial charge in [-0.3, -0.25) is 82.7 Å². The number of carboxylic acid groups (broad SMARTS) is 2. The number of amides is 14. The van der Waals surface area contributed by atoms with Crippen molar-refractivity contribution < 1.29 is 97.1 Å². The molecule has 0 radical (unpaired) electrons. The summed E-state index contributed by atoms with van der Waals surface area (Å²) >= 11 is 8.26. The highest BCUT2D eigenvalue weighted by Gasteiger charge is 2.38. The van der Waals surface area contributed by atoms with Crippen LogP contribution in [0.4, 0.5) is 0 Å². The summed E-state index contributed by atoms with van der Waals surface area (Å²) in [4.78, 5) is 212. The van der Waals surface area contributed by atoms with Crippen molar-refractivity contribution in [2.45, 2.75) is 178 Å². The fourth-order valence-electron chi connectivity index (χ4n) is 9.61. The van der Waals surface area contributed by atoms with Gasteiger partial charge in [-0.2, -0.15) is 25.3 Å². The van der Waals surface area contributed by atoms with Crippen LogP contribution >= 0.6 is 25.3 Å². The number of thiol groups is 2. The van der Waals surface area contributed by atoms with Crippen LogP contribution in [0.1, 0.15) is 105 Å². The van der Waals surface area contributed by atoms with Crippen LogP contribution in [-0.2, 0) is 83.1 Å². The fourth-order valence-corrected chi connectivity index (χ4v) is 10.1. The number of hydrogen-bond donors (Lipinski definition) is 27. The van der Waals surface area contributed by atoms with E-state index in [1.165, 1.54) is 13.8 Å². The van der Waals surface area contributed by atoms with E-state index in [0.29, 0.717) is 18.4 Å². The highest BCUT2D eigenvalue weighted by Crippen LogP contribution is 2.14. The number of guanidine groups is 2. The smallest absolute Gasteiger partial charge is 0.326 e. The van der Waals surface area contributed by atoms with Crippen LogP contribution in [-0.4, -0.2) is 250 Å². The zero-order valence-corrected chi connectivity index (χ0v) is 61.6. The van der Waals surface area contributed by atoms with Crippen LogP contribution in [0.25, 0.3) is 0 Å². The third-order valence-electron chi connectivity index (χ3n) is 15.9. The van der Waals surface area contributed by atoms with Crippen molar-refractivity contribution in [3.63, 3.8) is 0 Å². The SMILES string of the molecule is CC[C@H](C)[C@H](NC(=O)[C@@H](N)CCCNC(=N)N)C(=O)N[C@H](C(=O)N[C@@H](CCC(N)=O)C(=O)N[C@@H](CS)C(=O)N[C@@H](CCCNC(=N)N)C(=O)N[C@@H](CO)C(=O)N[C@H](C(=O)N[C@@H](CCC(=O)O)C(=O)NCC(=O)N[C@@H](CO)C(=O)N[C@@H](CS)C(=O)NCC(=O)N[C@@H](Cc1ccccc1)C(=O)O)C(C)C)C(C)C. The quantitative estimate of drug-likeness (QED) is 0.0125. The number of carbonyl (C=O) groups is 16. The first-order valence-corrected chi connectivity index (χ1v) is 35.1. The Hall–Kier alpha value is -10.1. The lowest BCUT2D eigenvalue weighted by Crippen LogP contribution is -2.62. The normalized spacial score (nSPS) is 14.7. The first-order valence-electron chi connectivity index (χ1n) is 33.8. The maximum atomic E-state index is 14.1. The second kappa shape index (κ2) is 49.6. The molecule has 106 heavy (non-hydrogen) atoms. The minimum atomic E-state index is -1.90. The fraction of sp³-hybridized carbons (Fsp3) is 0.619. The Bertz CT molecular complexity index is 3200. The lowest BCUT2D eigenvalue weighted by molar-refractivity contribution is -0.141. The molecule has 0 saturated heterocycles. The molecule has 14 amide bonds. The second-order valence-electron chi connectivity index (χ2n) is 25.1. The Kier molecular flexibility index (Phi) is 43.9. The average molecular weight is 1540 g/mol. The van der Waals surface area contributed by atoms with E-state index >= 15 is 0 Å². The molecule has 0 bridgehead atoms. The van der Waals surface area contributed by atoms with Crippen LogP contribution in [0.2, 0.25) is 0 Å². The summed E-state index contributed by atoms with van der Waals surface area (Å²) in [6.07, 6.45) is -1.74. The van der Waals surface area contributed by atoms with Gasteiger partial charge in [0.15, 0.2) is 11.9 Å². The van der Waals surface area contributed by atoms with Crippen molar-refractivity contribution >= 4 is 132 Å². The largest absolute Gasteiger partial charge is 0.481 e. The van der Waals surface area contributed by atoms with Gasteiger partial charge in [-0.05, 0) is 61.8 Å². The summed E-state index contributed by atoms with van der Waals surface area (Å²) in [5.74, 6) is -20.6. The van der Waals surface area contributed by atoms with E-state index in [9.17, 15) is 97.1 Å². The van der Waals surface area contributed by atoms with Crippen molar-refractivity contribution in [3.05, 3.63) is 35.9 Å². The van der Waals surface area contributed by atoms with E-state index in [-0.39, 0.29) is 50.5 Å². The lowest BCUT2D eigenvalue weighted by Gasteiger charge is -2.30. The number of aliphatic hydroxyl groups is 2. The molecule has 0 unspecified atom stereocenters. The minimum absolute atomic E-state index is 0.0154. The van der Waals surface area contributed by atoms with Crippen LogP contribution in [0, 0.1) is 28.6 Å². The van der Waals surface area contributed by atoms with Gasteiger partial charge in [-0.15, -0.1) is 0 Å². The number of nitrogens with two attached hydrogens (primary N) is 4. The van der Waals surface area contributed by atoms with Gasteiger partial charge in [0.2, 0.25) is 82.7 Å². The van der Waals surface area contributed by atoms with Crippen molar-refractivity contribution in [2.24, 2.45) is 40.7 Å². The molecule has 0 aliphatic rings. The summed E-state index contributed by atoms with van der Waals surface area (Å²) < 4.78 is 0. The van der Waals surface area contributed by atoms with E-state index in [1.54, 1.807) is 58.0 Å². The zero-order chi connectivity index (χ0) is 80.5. The first kappa shape index (κ1) is 93.9. The van der Waals surface area contributed by atoms with Crippen LogP contribution in [0.15, 0.2) is 30.3 Å². The Morgan fingerprint density at radius 3 is 1.25 bits per heavy atom. The van der Waals surface area contributed by atoms with Crippen molar-refractivity contribution in [3.8, 4) is 0 Å². The Morgan fingerprint density at radius 2 is 0.802 bits per heavy atom. The zero-order valence-electron chi connectivity index (χ0n) is 59.8. The van der Waals surface area contributed by atoms with E-state index in [2.05, 4.69) is 105 Å². The molecule has 0 heterocycles. The van der Waals surface area contributed by atoms with Gasteiger partial charge in [-0.25, -0.2) is 4.79 Å². The molecular formula is C63H105N21O20S2. The molecule has 594 valence electrons. The highest BCUT2D eigenvalue weighted by molar-refractivity contribution is 7.80. The molecule has 0 aliphatic carbocycles. The molecule has 1 rings (SSSR count). The molecule has 0 spiro atoms. The van der Waals surface area contributed by atoms with Gasteiger partial charge >= 0.3 is 11.9 Å². The number of nitrogens with one attached hydrogen (secondary N) is 17. The number of aliphatic carboxylic acids is 2. The Labute approximate surface area is 622 Å². The molecule has 0 saturated carbocycles. The summed E-state index contributed by atoms with van der Waals surface area (Å²) in [7, 11) is 0. The van der Waals surface area contributed by atoms with Crippen molar-refractivity contribution in [2.75, 3.05) is 50.9 Å². The molecule has 1 aromatic carbocycles. The monoisotopic (exact) mass is 1540 g/mol. The second-order valence-corrected chi connectivity index (χ2v) is 25.9. The maximum Gasteiger partial charge on any atom is 0.326 e. The third kappa shape index (κ3) is 36.0. The summed E-state index contributed by atoms with van der Waals surface area (Å²) in [5, 5.41) is 90.1. The highest BCUT2D eigenvalue weighted by atomic mass is 32.1. The molecule has 0 fully saturated rings. The molecule has 43 heteroatoms. The van der Waals surface area contributed by atoms with Gasteiger partial charge in [0.1, 0.15) is 66.5 Å². The number of carbonyl (C=O) groups excluding carboxylic acids is 14. The molecular weight excluding hydrogens is 1430 g/mol. The molecule has 1 aromatic rings. The van der Waals surface area contributed by atoms with E-state index in [1.807, 2.05) is 0 Å². The van der Waals surface area contributed by atoms with Crippen molar-refractivity contribution in [1.29, 1.82) is 10.8 Å². The van der Waals surface area contributed by atoms with Crippen LogP contribution in [0.5, 0.6) is 0 Å². The molecule has 0 aromatic heterocycles. The molecule has 13 atom stereocenters. The number of hydrogen-bond acceptors (Lipinski definition) is 23. The number of aliphatic hydroxyl groups excluding tert-OH is 2. The predicted octanol–water partition coefficient (Wildman–Crippen LogP) is -8.93. The summed E-state index contributed by atoms with van der Waals surface area (Å²) in [6.45, 7) is 5.74. The first-order chi connectivity index (χ1) is 49.8. The molecule has 0 aliphatic heterocycles. The van der Waals surface area contributed by atoms with Gasteiger partial charge in [0.25, 0.3) is 0 Å². The van der Waals surface area contributed by atoms with E-state index < -0.39 is 249 Å². The summed E-state index contributed by atoms with van der Waals surface area (Å²) in [5.41, 5.74) is 22.8. The predicted molar refractivity (Wildman–Crippen MR) is 388 cm³/mol. The van der Waals surface area contributed by atoms with Crippen molar-refractivity contribution in [1.82, 2.24) is 79.8 Å². The van der Waals surface area contributed by atoms with Crippen LogP contribution in [0.3, 0.4) is 0 Å². The number of carboxylic acids is 2. The van der Waals surface area contributed by atoms with E-state index in [4.69, 9.17) is 33.8 Å².